The van der Waals surface area contributed by atoms with Gasteiger partial charge in [0, 0.05) is 12.8 Å². The predicted molar refractivity (Wildman–Crippen MR) is 74.3 cm³/mol. The van der Waals surface area contributed by atoms with E-state index < -0.39 is 67.3 Å². The molecular formula is C12H20N2O10. The van der Waals surface area contributed by atoms with Gasteiger partial charge in [-0.1, -0.05) is 0 Å². The number of carboxylic acid groups (broad SMARTS) is 4. The van der Waals surface area contributed by atoms with Crippen molar-refractivity contribution in [1.82, 2.24) is 0 Å². The molecule has 0 amide bonds. The summed E-state index contributed by atoms with van der Waals surface area (Å²) in [6, 6.07) is 0. The van der Waals surface area contributed by atoms with E-state index in [2.05, 4.69) is 0 Å². The van der Waals surface area contributed by atoms with Crippen LogP contribution in [-0.4, -0.2) is 63.0 Å². The lowest BCUT2D eigenvalue weighted by atomic mass is 10.1. The van der Waals surface area contributed by atoms with Gasteiger partial charge in [0.15, 0.2) is 18.1 Å². The van der Waals surface area contributed by atoms with Crippen LogP contribution in [0.25, 0.3) is 0 Å². The molecule has 24 heavy (non-hydrogen) atoms. The molecule has 12 nitrogen and oxygen atoms in total. The van der Waals surface area contributed by atoms with Crippen molar-refractivity contribution in [2.75, 3.05) is 0 Å². The predicted octanol–water partition coefficient (Wildman–Crippen LogP) is -1.71. The highest BCUT2D eigenvalue weighted by Crippen LogP contribution is 2.13. The quantitative estimate of drug-likeness (QED) is 0.171. The van der Waals surface area contributed by atoms with E-state index in [1.165, 1.54) is 6.92 Å². The van der Waals surface area contributed by atoms with Crippen molar-refractivity contribution in [3.63, 3.8) is 0 Å². The summed E-state index contributed by atoms with van der Waals surface area (Å²) in [4.78, 5) is 42.9. The Balaban J connectivity index is 4.48. The maximum Gasteiger partial charge on any atom is 0.318 e. The van der Waals surface area contributed by atoms with Gasteiger partial charge < -0.3 is 41.4 Å². The number of hydrogen-bond donors (Lipinski definition) is 6. The summed E-state index contributed by atoms with van der Waals surface area (Å²) < 4.78 is 10.0. The van der Waals surface area contributed by atoms with Crippen LogP contribution in [0.4, 0.5) is 0 Å². The van der Waals surface area contributed by atoms with Crippen LogP contribution in [0.5, 0.6) is 0 Å². The van der Waals surface area contributed by atoms with E-state index in [4.69, 9.17) is 41.4 Å². The van der Waals surface area contributed by atoms with Gasteiger partial charge in [-0.15, -0.1) is 0 Å². The van der Waals surface area contributed by atoms with E-state index in [-0.39, 0.29) is 0 Å². The van der Waals surface area contributed by atoms with Crippen molar-refractivity contribution < 1.29 is 49.1 Å². The molecule has 0 aliphatic rings. The van der Waals surface area contributed by atoms with Gasteiger partial charge in [0.25, 0.3) is 0 Å². The van der Waals surface area contributed by atoms with E-state index in [0.29, 0.717) is 0 Å². The van der Waals surface area contributed by atoms with Crippen molar-refractivity contribution in [3.05, 3.63) is 0 Å². The molecule has 0 aliphatic heterocycles. The second-order valence-corrected chi connectivity index (χ2v) is 4.85. The molecule has 0 aliphatic carbocycles. The van der Waals surface area contributed by atoms with Gasteiger partial charge in [-0.25, -0.2) is 0 Å². The smallest absolute Gasteiger partial charge is 0.318 e. The zero-order chi connectivity index (χ0) is 19.0. The number of carboxylic acids is 4. The first-order valence-electron chi connectivity index (χ1n) is 6.69. The molecule has 0 saturated carbocycles. The molecule has 0 fully saturated rings. The molecule has 138 valence electrons. The van der Waals surface area contributed by atoms with Gasteiger partial charge in [0.2, 0.25) is 0 Å². The second-order valence-electron chi connectivity index (χ2n) is 4.85. The lowest BCUT2D eigenvalue weighted by Gasteiger charge is -2.24. The molecular weight excluding hydrogens is 332 g/mol. The van der Waals surface area contributed by atoms with Crippen LogP contribution in [0, 0.1) is 11.8 Å². The molecule has 0 rings (SSSR count). The summed E-state index contributed by atoms with van der Waals surface area (Å²) in [7, 11) is 0. The number of hydrogen-bond acceptors (Lipinski definition) is 8. The number of rotatable bonds is 12. The zero-order valence-electron chi connectivity index (χ0n) is 12.7. The Labute approximate surface area is 135 Å². The molecule has 2 unspecified atom stereocenters. The van der Waals surface area contributed by atoms with Crippen molar-refractivity contribution in [2.24, 2.45) is 23.3 Å². The van der Waals surface area contributed by atoms with Crippen molar-refractivity contribution in [1.29, 1.82) is 0 Å². The van der Waals surface area contributed by atoms with E-state index in [0.717, 1.165) is 0 Å². The van der Waals surface area contributed by atoms with Crippen LogP contribution in [0.15, 0.2) is 0 Å². The summed E-state index contributed by atoms with van der Waals surface area (Å²) in [5.41, 5.74) is 10.9. The largest absolute Gasteiger partial charge is 0.481 e. The monoisotopic (exact) mass is 352 g/mol. The Kier molecular flexibility index (Phi) is 8.84. The van der Waals surface area contributed by atoms with Crippen LogP contribution in [0.1, 0.15) is 19.8 Å². The number of ether oxygens (including phenoxy) is 2. The summed E-state index contributed by atoms with van der Waals surface area (Å²) in [6.45, 7) is 1.30. The first kappa shape index (κ1) is 21.7. The van der Waals surface area contributed by atoms with Gasteiger partial charge in [-0.2, -0.15) is 0 Å². The third-order valence-corrected chi connectivity index (χ3v) is 2.86. The van der Waals surface area contributed by atoms with Crippen LogP contribution >= 0.6 is 0 Å². The lowest BCUT2D eigenvalue weighted by Crippen LogP contribution is -2.40. The van der Waals surface area contributed by atoms with E-state index >= 15 is 0 Å². The topological polar surface area (TPSA) is 220 Å². The molecule has 12 heteroatoms. The highest BCUT2D eigenvalue weighted by atomic mass is 16.7. The first-order chi connectivity index (χ1) is 11.0. The Hall–Kier alpha value is -2.28. The van der Waals surface area contributed by atoms with Crippen molar-refractivity contribution >= 4 is 23.9 Å². The minimum absolute atomic E-state index is 0.541. The second kappa shape index (κ2) is 9.77. The van der Waals surface area contributed by atoms with E-state index in [1.807, 2.05) is 0 Å². The van der Waals surface area contributed by atoms with Gasteiger partial charge in [-0.3, -0.25) is 19.2 Å². The molecule has 0 heterocycles. The third kappa shape index (κ3) is 7.82. The van der Waals surface area contributed by atoms with Gasteiger partial charge in [0.1, 0.15) is 12.5 Å². The van der Waals surface area contributed by atoms with Crippen LogP contribution in [0.3, 0.4) is 0 Å². The molecule has 0 spiro atoms. The fourth-order valence-corrected chi connectivity index (χ4v) is 1.71. The summed E-state index contributed by atoms with van der Waals surface area (Å²) in [6.07, 6.45) is -4.85. The molecule has 0 aromatic heterocycles. The zero-order valence-corrected chi connectivity index (χ0v) is 12.7. The minimum Gasteiger partial charge on any atom is -0.481 e. The fourth-order valence-electron chi connectivity index (χ4n) is 1.71. The van der Waals surface area contributed by atoms with Crippen LogP contribution in [-0.2, 0) is 28.7 Å². The average molecular weight is 352 g/mol. The van der Waals surface area contributed by atoms with Gasteiger partial charge in [0.05, 0.1) is 0 Å². The molecule has 0 bridgehead atoms. The highest BCUT2D eigenvalue weighted by Gasteiger charge is 2.31. The Morgan fingerprint density at radius 2 is 1.00 bits per heavy atom. The molecule has 0 aromatic rings. The SMILES string of the molecule is CC(OC(N)CC(C(=O)O)C(=O)O)OC(N)CC(C(=O)O)C(=O)O. The molecule has 0 aromatic carbocycles. The number of aliphatic carboxylic acids is 4. The fraction of sp³-hybridized carbons (Fsp3) is 0.667. The summed E-state index contributed by atoms with van der Waals surface area (Å²) >= 11 is 0. The maximum absolute atomic E-state index is 10.7. The van der Waals surface area contributed by atoms with Crippen molar-refractivity contribution in [3.8, 4) is 0 Å². The van der Waals surface area contributed by atoms with Crippen LogP contribution < -0.4 is 11.5 Å². The highest BCUT2D eigenvalue weighted by molar-refractivity contribution is 5.93. The Morgan fingerprint density at radius 3 is 1.21 bits per heavy atom. The third-order valence-electron chi connectivity index (χ3n) is 2.86. The molecule has 0 radical (unpaired) electrons. The van der Waals surface area contributed by atoms with Crippen LogP contribution in [0.2, 0.25) is 0 Å². The Morgan fingerprint density at radius 1 is 0.750 bits per heavy atom. The molecule has 8 N–H and O–H groups in total. The van der Waals surface area contributed by atoms with E-state index in [9.17, 15) is 19.2 Å². The van der Waals surface area contributed by atoms with E-state index in [1.54, 1.807) is 0 Å². The molecule has 2 atom stereocenters. The van der Waals surface area contributed by atoms with Gasteiger partial charge in [-0.05, 0) is 6.92 Å². The standard InChI is InChI=1S/C12H20N2O10/c1-4(23-7(13)2-5(9(15)16)10(17)18)24-8(14)3-6(11(19)20)12(21)22/h4-8H,2-3,13-14H2,1H3,(H,15,16)(H,17,18)(H,19,20)(H,21,22). The summed E-state index contributed by atoms with van der Waals surface area (Å²) in [5.74, 6) is -9.89. The number of nitrogens with two attached hydrogens (primary N) is 2. The van der Waals surface area contributed by atoms with Crippen molar-refractivity contribution in [2.45, 2.75) is 38.5 Å². The lowest BCUT2D eigenvalue weighted by molar-refractivity contribution is -0.193. The van der Waals surface area contributed by atoms with Gasteiger partial charge >= 0.3 is 23.9 Å². The minimum atomic E-state index is -1.77. The Bertz CT molecular complexity index is 412. The normalized spacial score (nSPS) is 15.0. The number of carbonyl (C=O) groups is 4. The maximum atomic E-state index is 10.7. The summed E-state index contributed by atoms with van der Waals surface area (Å²) in [5, 5.41) is 34.9. The first-order valence-corrected chi connectivity index (χ1v) is 6.69. The average Bonchev–Trinajstić information content (AvgIpc) is 2.40. The molecule has 0 saturated heterocycles.